The summed E-state index contributed by atoms with van der Waals surface area (Å²) in [5.41, 5.74) is -0.829. The van der Waals surface area contributed by atoms with Gasteiger partial charge in [0.2, 0.25) is 5.91 Å². The van der Waals surface area contributed by atoms with Gasteiger partial charge in [-0.25, -0.2) is 0 Å². The fourth-order valence-electron chi connectivity index (χ4n) is 1.50. The van der Waals surface area contributed by atoms with Crippen LogP contribution in [-0.2, 0) is 14.4 Å². The van der Waals surface area contributed by atoms with E-state index in [4.69, 9.17) is 21.8 Å². The van der Waals surface area contributed by atoms with Crippen LogP contribution >= 0.6 is 11.6 Å². The second kappa shape index (κ2) is 5.13. The molecule has 1 saturated heterocycles. The normalized spacial score (nSPS) is 26.2. The standard InChI is InChI=1S/C8H11ClN2O5/c9-8-4(1-6(13)14)10-5(12)2-11(8)3-7(15)16/h4,8H,1-3H2,(H,10,12)(H,13,14)(H,15,16). The Bertz CT molecular complexity index is 290. The van der Waals surface area contributed by atoms with Crippen molar-refractivity contribution in [3.8, 4) is 0 Å². The second-order valence-corrected chi connectivity index (χ2v) is 3.89. The maximum Gasteiger partial charge on any atom is 0.317 e. The molecule has 1 aliphatic heterocycles. The minimum atomic E-state index is -1.12. The molecule has 2 atom stereocenters. The number of hydrogen-bond acceptors (Lipinski definition) is 4. The van der Waals surface area contributed by atoms with Gasteiger partial charge in [-0.3, -0.25) is 19.3 Å². The molecule has 1 aliphatic rings. The van der Waals surface area contributed by atoms with Crippen LogP contribution in [0.4, 0.5) is 0 Å². The number of piperazine rings is 1. The van der Waals surface area contributed by atoms with E-state index in [0.717, 1.165) is 0 Å². The molecule has 1 amide bonds. The molecule has 16 heavy (non-hydrogen) atoms. The van der Waals surface area contributed by atoms with E-state index >= 15 is 0 Å². The second-order valence-electron chi connectivity index (χ2n) is 3.44. The molecule has 90 valence electrons. The van der Waals surface area contributed by atoms with E-state index in [1.54, 1.807) is 0 Å². The molecule has 0 bridgehead atoms. The molecule has 0 aromatic rings. The third-order valence-corrected chi connectivity index (χ3v) is 2.69. The SMILES string of the molecule is O=C(O)CC1NC(=O)CN(CC(=O)O)C1Cl. The van der Waals surface area contributed by atoms with Crippen molar-refractivity contribution in [1.82, 2.24) is 10.2 Å². The molecule has 2 unspecified atom stereocenters. The van der Waals surface area contributed by atoms with Gasteiger partial charge in [-0.15, -0.1) is 11.6 Å². The molecule has 3 N–H and O–H groups in total. The van der Waals surface area contributed by atoms with Crippen LogP contribution in [0.2, 0.25) is 0 Å². The first-order valence-corrected chi connectivity index (χ1v) is 4.95. The van der Waals surface area contributed by atoms with Crippen molar-refractivity contribution in [1.29, 1.82) is 0 Å². The van der Waals surface area contributed by atoms with Gasteiger partial charge in [0.05, 0.1) is 25.6 Å². The molecular formula is C8H11ClN2O5. The Morgan fingerprint density at radius 1 is 1.44 bits per heavy atom. The van der Waals surface area contributed by atoms with Crippen LogP contribution in [-0.4, -0.2) is 57.6 Å². The molecule has 1 heterocycles. The lowest BCUT2D eigenvalue weighted by Gasteiger charge is -2.36. The fraction of sp³-hybridized carbons (Fsp3) is 0.625. The van der Waals surface area contributed by atoms with E-state index in [0.29, 0.717) is 0 Å². The van der Waals surface area contributed by atoms with E-state index in [1.165, 1.54) is 4.90 Å². The minimum Gasteiger partial charge on any atom is -0.481 e. The van der Waals surface area contributed by atoms with Crippen LogP contribution in [0.25, 0.3) is 0 Å². The summed E-state index contributed by atoms with van der Waals surface area (Å²) in [7, 11) is 0. The largest absolute Gasteiger partial charge is 0.481 e. The zero-order valence-corrected chi connectivity index (χ0v) is 8.98. The summed E-state index contributed by atoms with van der Waals surface area (Å²) in [6.07, 6.45) is -0.337. The van der Waals surface area contributed by atoms with E-state index in [2.05, 4.69) is 5.32 Å². The number of nitrogens with one attached hydrogen (secondary N) is 1. The van der Waals surface area contributed by atoms with Crippen LogP contribution in [0, 0.1) is 0 Å². The molecular weight excluding hydrogens is 240 g/mol. The van der Waals surface area contributed by atoms with Gasteiger partial charge in [-0.05, 0) is 0 Å². The van der Waals surface area contributed by atoms with Gasteiger partial charge in [-0.2, -0.15) is 0 Å². The number of nitrogens with zero attached hydrogens (tertiary/aromatic N) is 1. The number of amides is 1. The third kappa shape index (κ3) is 3.35. The van der Waals surface area contributed by atoms with E-state index < -0.39 is 35.9 Å². The highest BCUT2D eigenvalue weighted by atomic mass is 35.5. The smallest absolute Gasteiger partial charge is 0.317 e. The lowest BCUT2D eigenvalue weighted by molar-refractivity contribution is -0.140. The first kappa shape index (κ1) is 12.7. The Kier molecular flexibility index (Phi) is 4.08. The molecule has 0 saturated carbocycles. The maximum atomic E-state index is 11.2. The summed E-state index contributed by atoms with van der Waals surface area (Å²) in [6.45, 7) is -0.533. The Labute approximate surface area is 96.0 Å². The molecule has 8 heteroatoms. The summed E-state index contributed by atoms with van der Waals surface area (Å²) in [5, 5.41) is 19.6. The summed E-state index contributed by atoms with van der Waals surface area (Å²) in [5.74, 6) is -2.65. The summed E-state index contributed by atoms with van der Waals surface area (Å²) in [4.78, 5) is 33.4. The average molecular weight is 251 g/mol. The monoisotopic (exact) mass is 250 g/mol. The van der Waals surface area contributed by atoms with Crippen molar-refractivity contribution < 1.29 is 24.6 Å². The number of rotatable bonds is 4. The van der Waals surface area contributed by atoms with Gasteiger partial charge in [0.25, 0.3) is 0 Å². The van der Waals surface area contributed by atoms with Gasteiger partial charge in [0, 0.05) is 0 Å². The average Bonchev–Trinajstić information content (AvgIpc) is 2.11. The number of aliphatic carboxylic acids is 2. The van der Waals surface area contributed by atoms with Crippen LogP contribution in [0.1, 0.15) is 6.42 Å². The number of hydrogen-bond donors (Lipinski definition) is 3. The van der Waals surface area contributed by atoms with Crippen LogP contribution in [0.15, 0.2) is 0 Å². The van der Waals surface area contributed by atoms with Crippen molar-refractivity contribution in [2.45, 2.75) is 18.0 Å². The van der Waals surface area contributed by atoms with Crippen LogP contribution in [0.3, 0.4) is 0 Å². The molecule has 7 nitrogen and oxygen atoms in total. The van der Waals surface area contributed by atoms with Crippen molar-refractivity contribution in [3.63, 3.8) is 0 Å². The predicted molar refractivity (Wildman–Crippen MR) is 53.0 cm³/mol. The number of carbonyl (C=O) groups is 3. The lowest BCUT2D eigenvalue weighted by Crippen LogP contribution is -2.59. The Balaban J connectivity index is 2.69. The Morgan fingerprint density at radius 2 is 2.06 bits per heavy atom. The number of carbonyl (C=O) groups excluding carboxylic acids is 1. The van der Waals surface area contributed by atoms with Crippen molar-refractivity contribution in [2.24, 2.45) is 0 Å². The molecule has 0 aliphatic carbocycles. The Hall–Kier alpha value is -1.34. The highest BCUT2D eigenvalue weighted by molar-refractivity contribution is 6.21. The number of halogens is 1. The topological polar surface area (TPSA) is 107 Å². The van der Waals surface area contributed by atoms with Gasteiger partial charge >= 0.3 is 11.9 Å². The molecule has 0 aromatic carbocycles. The quantitative estimate of drug-likeness (QED) is 0.432. The third-order valence-electron chi connectivity index (χ3n) is 2.11. The molecule has 0 spiro atoms. The number of alkyl halides is 1. The molecule has 1 fully saturated rings. The zero-order valence-electron chi connectivity index (χ0n) is 8.22. The van der Waals surface area contributed by atoms with Gasteiger partial charge in [0.15, 0.2) is 0 Å². The van der Waals surface area contributed by atoms with Crippen molar-refractivity contribution >= 4 is 29.4 Å². The van der Waals surface area contributed by atoms with Crippen molar-refractivity contribution in [2.75, 3.05) is 13.1 Å². The first-order chi connectivity index (χ1) is 7.40. The first-order valence-electron chi connectivity index (χ1n) is 4.51. The fourth-order valence-corrected chi connectivity index (χ4v) is 1.79. The molecule has 0 radical (unpaired) electrons. The highest BCUT2D eigenvalue weighted by Gasteiger charge is 2.35. The summed E-state index contributed by atoms with van der Waals surface area (Å²) in [6, 6.07) is -0.778. The van der Waals surface area contributed by atoms with E-state index in [1.807, 2.05) is 0 Å². The van der Waals surface area contributed by atoms with Crippen LogP contribution in [0.5, 0.6) is 0 Å². The van der Waals surface area contributed by atoms with Crippen LogP contribution < -0.4 is 5.32 Å². The number of carboxylic acid groups (broad SMARTS) is 2. The summed E-state index contributed by atoms with van der Waals surface area (Å²) < 4.78 is 0. The lowest BCUT2D eigenvalue weighted by atomic mass is 10.1. The van der Waals surface area contributed by atoms with Gasteiger partial charge < -0.3 is 15.5 Å². The predicted octanol–water partition coefficient (Wildman–Crippen LogP) is -1.09. The maximum absolute atomic E-state index is 11.2. The number of carboxylic acids is 2. The van der Waals surface area contributed by atoms with E-state index in [-0.39, 0.29) is 13.0 Å². The zero-order chi connectivity index (χ0) is 12.3. The minimum absolute atomic E-state index is 0.142. The molecule has 0 aromatic heterocycles. The molecule has 1 rings (SSSR count). The van der Waals surface area contributed by atoms with Crippen molar-refractivity contribution in [3.05, 3.63) is 0 Å². The Morgan fingerprint density at radius 3 is 2.56 bits per heavy atom. The van der Waals surface area contributed by atoms with Gasteiger partial charge in [0.1, 0.15) is 5.50 Å². The summed E-state index contributed by atoms with van der Waals surface area (Å²) >= 11 is 5.89. The van der Waals surface area contributed by atoms with Gasteiger partial charge in [-0.1, -0.05) is 0 Å². The highest BCUT2D eigenvalue weighted by Crippen LogP contribution is 2.16. The van der Waals surface area contributed by atoms with E-state index in [9.17, 15) is 14.4 Å².